The first kappa shape index (κ1) is 11.1. The van der Waals surface area contributed by atoms with Gasteiger partial charge in [-0.3, -0.25) is 0 Å². The highest BCUT2D eigenvalue weighted by Gasteiger charge is 2.68. The first-order chi connectivity index (χ1) is 7.33. The van der Waals surface area contributed by atoms with Gasteiger partial charge < -0.3 is 5.11 Å². The summed E-state index contributed by atoms with van der Waals surface area (Å²) in [4.78, 5) is 0. The third-order valence-corrected chi connectivity index (χ3v) is 6.94. The van der Waals surface area contributed by atoms with E-state index in [4.69, 9.17) is 0 Å². The van der Waals surface area contributed by atoms with Crippen LogP contribution in [0.4, 0.5) is 0 Å². The van der Waals surface area contributed by atoms with Gasteiger partial charge in [0.15, 0.2) is 0 Å². The van der Waals surface area contributed by atoms with Crippen LogP contribution in [0.25, 0.3) is 0 Å². The Kier molecular flexibility index (Phi) is 1.98. The van der Waals surface area contributed by atoms with Crippen molar-refractivity contribution < 1.29 is 5.11 Å². The molecule has 3 aliphatic rings. The third-order valence-electron chi connectivity index (χ3n) is 6.94. The van der Waals surface area contributed by atoms with Gasteiger partial charge in [-0.25, -0.2) is 0 Å². The Bertz CT molecular complexity index is 321. The number of rotatable bonds is 3. The lowest BCUT2D eigenvalue weighted by atomic mass is 9.69. The Hall–Kier alpha value is -0.0400. The Balaban J connectivity index is 1.66. The average molecular weight is 222 g/mol. The quantitative estimate of drug-likeness (QED) is 0.775. The van der Waals surface area contributed by atoms with Gasteiger partial charge in [-0.1, -0.05) is 27.7 Å². The Morgan fingerprint density at radius 3 is 2.19 bits per heavy atom. The highest BCUT2D eigenvalue weighted by atomic mass is 16.3. The van der Waals surface area contributed by atoms with E-state index in [2.05, 4.69) is 27.7 Å². The van der Waals surface area contributed by atoms with Crippen molar-refractivity contribution >= 4 is 0 Å². The van der Waals surface area contributed by atoms with Crippen molar-refractivity contribution in [2.45, 2.75) is 53.4 Å². The number of fused-ring (bicyclic) bond motifs is 1. The number of aliphatic hydroxyl groups is 1. The molecule has 0 heterocycles. The lowest BCUT2D eigenvalue weighted by Crippen LogP contribution is -2.28. The topological polar surface area (TPSA) is 20.2 Å². The SMILES string of the molecule is CC1(C)C(C[C@@H]2C[C@@]2(C)CO)CC2CC21C. The van der Waals surface area contributed by atoms with Gasteiger partial charge in [0.25, 0.3) is 0 Å². The summed E-state index contributed by atoms with van der Waals surface area (Å²) >= 11 is 0. The molecular formula is C15H26O. The largest absolute Gasteiger partial charge is 0.396 e. The maximum Gasteiger partial charge on any atom is 0.0487 e. The molecular weight excluding hydrogens is 196 g/mol. The molecule has 0 amide bonds. The summed E-state index contributed by atoms with van der Waals surface area (Å²) in [7, 11) is 0. The van der Waals surface area contributed by atoms with E-state index >= 15 is 0 Å². The normalized spacial score (nSPS) is 57.2. The summed E-state index contributed by atoms with van der Waals surface area (Å²) in [5.74, 6) is 2.74. The summed E-state index contributed by atoms with van der Waals surface area (Å²) in [5, 5.41) is 9.35. The monoisotopic (exact) mass is 222 g/mol. The molecule has 92 valence electrons. The molecule has 0 aromatic heterocycles. The molecule has 16 heavy (non-hydrogen) atoms. The van der Waals surface area contributed by atoms with Crippen LogP contribution in [-0.2, 0) is 0 Å². The Morgan fingerprint density at radius 1 is 1.06 bits per heavy atom. The maximum absolute atomic E-state index is 9.35. The van der Waals surface area contributed by atoms with Crippen LogP contribution in [0.1, 0.15) is 53.4 Å². The molecule has 3 aliphatic carbocycles. The first-order valence-corrected chi connectivity index (χ1v) is 6.94. The van der Waals surface area contributed by atoms with E-state index in [0.29, 0.717) is 17.4 Å². The van der Waals surface area contributed by atoms with Crippen LogP contribution in [0, 0.1) is 34.0 Å². The van der Waals surface area contributed by atoms with Gasteiger partial charge in [-0.05, 0) is 59.7 Å². The zero-order chi connectivity index (χ0) is 11.8. The maximum atomic E-state index is 9.35. The Morgan fingerprint density at radius 2 is 1.75 bits per heavy atom. The minimum absolute atomic E-state index is 0.282. The van der Waals surface area contributed by atoms with Gasteiger partial charge in [0, 0.05) is 6.61 Å². The third kappa shape index (κ3) is 1.21. The fourth-order valence-electron chi connectivity index (χ4n) is 4.49. The molecule has 3 fully saturated rings. The summed E-state index contributed by atoms with van der Waals surface area (Å²) in [5.41, 5.74) is 1.47. The van der Waals surface area contributed by atoms with Gasteiger partial charge in [0.2, 0.25) is 0 Å². The molecule has 5 atom stereocenters. The van der Waals surface area contributed by atoms with E-state index in [0.717, 1.165) is 17.8 Å². The fourth-order valence-corrected chi connectivity index (χ4v) is 4.49. The lowest BCUT2D eigenvalue weighted by Gasteiger charge is -2.36. The second kappa shape index (κ2) is 2.85. The van der Waals surface area contributed by atoms with Crippen LogP contribution >= 0.6 is 0 Å². The van der Waals surface area contributed by atoms with Crippen LogP contribution in [0.15, 0.2) is 0 Å². The van der Waals surface area contributed by atoms with Crippen LogP contribution in [-0.4, -0.2) is 11.7 Å². The van der Waals surface area contributed by atoms with Crippen molar-refractivity contribution in [3.05, 3.63) is 0 Å². The van der Waals surface area contributed by atoms with Crippen molar-refractivity contribution in [3.63, 3.8) is 0 Å². The molecule has 0 aromatic carbocycles. The molecule has 1 heteroatoms. The number of aliphatic hydroxyl groups excluding tert-OH is 1. The number of hydrogen-bond acceptors (Lipinski definition) is 1. The molecule has 3 unspecified atom stereocenters. The van der Waals surface area contributed by atoms with Gasteiger partial charge in [0.05, 0.1) is 0 Å². The van der Waals surface area contributed by atoms with E-state index in [1.54, 1.807) is 0 Å². The second-order valence-electron chi connectivity index (χ2n) is 7.92. The molecule has 1 N–H and O–H groups in total. The number of hydrogen-bond donors (Lipinski definition) is 1. The van der Waals surface area contributed by atoms with Gasteiger partial charge in [-0.2, -0.15) is 0 Å². The molecule has 0 aromatic rings. The van der Waals surface area contributed by atoms with E-state index in [1.165, 1.54) is 25.7 Å². The molecule has 0 bridgehead atoms. The smallest absolute Gasteiger partial charge is 0.0487 e. The molecule has 1 nitrogen and oxygen atoms in total. The van der Waals surface area contributed by atoms with Crippen molar-refractivity contribution in [3.8, 4) is 0 Å². The zero-order valence-electron chi connectivity index (χ0n) is 11.2. The van der Waals surface area contributed by atoms with E-state index in [1.807, 2.05) is 0 Å². The first-order valence-electron chi connectivity index (χ1n) is 6.94. The summed E-state index contributed by atoms with van der Waals surface area (Å²) in [6.07, 6.45) is 5.56. The zero-order valence-corrected chi connectivity index (χ0v) is 11.2. The summed E-state index contributed by atoms with van der Waals surface area (Å²) < 4.78 is 0. The second-order valence-corrected chi connectivity index (χ2v) is 7.92. The lowest BCUT2D eigenvalue weighted by molar-refractivity contribution is 0.126. The van der Waals surface area contributed by atoms with Crippen molar-refractivity contribution in [1.82, 2.24) is 0 Å². The molecule has 0 saturated heterocycles. The van der Waals surface area contributed by atoms with Crippen LogP contribution in [0.2, 0.25) is 0 Å². The van der Waals surface area contributed by atoms with E-state index < -0.39 is 0 Å². The van der Waals surface area contributed by atoms with Crippen molar-refractivity contribution in [2.24, 2.45) is 34.0 Å². The standard InChI is InChI=1S/C15H26O/c1-13(2)10(6-12-8-15(12,13)4)5-11-7-14(11,3)9-16/h10-12,16H,5-9H2,1-4H3/t10?,11-,12?,14+,15?/m1/s1. The van der Waals surface area contributed by atoms with Gasteiger partial charge >= 0.3 is 0 Å². The Labute approximate surface area is 99.6 Å². The highest BCUT2D eigenvalue weighted by Crippen LogP contribution is 2.75. The highest BCUT2D eigenvalue weighted by molar-refractivity contribution is 5.16. The fraction of sp³-hybridized carbons (Fsp3) is 1.00. The van der Waals surface area contributed by atoms with Crippen molar-refractivity contribution in [1.29, 1.82) is 0 Å². The van der Waals surface area contributed by atoms with Gasteiger partial charge in [0.1, 0.15) is 0 Å². The predicted octanol–water partition coefficient (Wildman–Crippen LogP) is 3.47. The molecule has 0 radical (unpaired) electrons. The molecule has 0 aliphatic heterocycles. The van der Waals surface area contributed by atoms with Crippen LogP contribution < -0.4 is 0 Å². The van der Waals surface area contributed by atoms with Gasteiger partial charge in [-0.15, -0.1) is 0 Å². The van der Waals surface area contributed by atoms with E-state index in [-0.39, 0.29) is 5.41 Å². The average Bonchev–Trinajstić information content (AvgIpc) is 3.03. The minimum Gasteiger partial charge on any atom is -0.396 e. The van der Waals surface area contributed by atoms with Crippen LogP contribution in [0.5, 0.6) is 0 Å². The minimum atomic E-state index is 0.282. The predicted molar refractivity (Wildman–Crippen MR) is 66.0 cm³/mol. The van der Waals surface area contributed by atoms with E-state index in [9.17, 15) is 5.11 Å². The summed E-state index contributed by atoms with van der Waals surface area (Å²) in [6, 6.07) is 0. The molecule has 3 saturated carbocycles. The molecule has 3 rings (SSSR count). The molecule has 0 spiro atoms. The summed E-state index contributed by atoms with van der Waals surface area (Å²) in [6.45, 7) is 10.1. The van der Waals surface area contributed by atoms with Crippen molar-refractivity contribution in [2.75, 3.05) is 6.61 Å². The van der Waals surface area contributed by atoms with Crippen LogP contribution in [0.3, 0.4) is 0 Å².